The second-order valence-corrected chi connectivity index (χ2v) is 11.4. The molecule has 0 saturated carbocycles. The van der Waals surface area contributed by atoms with Crippen LogP contribution in [0.1, 0.15) is 129 Å². The first kappa shape index (κ1) is 36.3. The van der Waals surface area contributed by atoms with Gasteiger partial charge in [-0.15, -0.1) is 0 Å². The minimum Gasteiger partial charge on any atom is -0.394 e. The first-order chi connectivity index (χ1) is 18.9. The molecule has 0 spiro atoms. The van der Waals surface area contributed by atoms with Crippen LogP contribution in [0.5, 0.6) is 0 Å². The highest BCUT2D eigenvalue weighted by atomic mass is 16.6. The molecule has 0 aromatic carbocycles. The van der Waals surface area contributed by atoms with Crippen molar-refractivity contribution >= 4 is 5.91 Å². The van der Waals surface area contributed by atoms with Crippen LogP contribution >= 0.6 is 0 Å². The van der Waals surface area contributed by atoms with Crippen LogP contribution in [0, 0.1) is 0 Å². The standard InChI is InChI=1S/C31H61NO7/c1-3-5-7-8-9-10-11-12-13-14-15-16-17-18-19-26(34)23-32(29(35)20-6-4-2)21-22-38-28-25-39-27(24-33)30(36)31(28)37/h26-28,30-31,33-34,36-37H,3-25H2,1-2H3/t26?,27-,28+,30-,31-/m1/s1. The van der Waals surface area contributed by atoms with Gasteiger partial charge in [-0.3, -0.25) is 4.79 Å². The Labute approximate surface area is 238 Å². The normalized spacial score (nSPS) is 22.2. The Kier molecular flexibility index (Phi) is 22.2. The Balaban J connectivity index is 2.20. The molecule has 1 unspecified atom stereocenters. The minimum atomic E-state index is -1.22. The van der Waals surface area contributed by atoms with Gasteiger partial charge in [0.25, 0.3) is 0 Å². The van der Waals surface area contributed by atoms with Gasteiger partial charge in [-0.25, -0.2) is 0 Å². The van der Waals surface area contributed by atoms with E-state index in [1.807, 2.05) is 6.92 Å². The molecule has 232 valence electrons. The zero-order valence-electron chi connectivity index (χ0n) is 25.1. The molecule has 8 heteroatoms. The number of carbonyl (C=O) groups is 1. The molecule has 1 rings (SSSR count). The van der Waals surface area contributed by atoms with Crippen LogP contribution in [0.15, 0.2) is 0 Å². The number of aliphatic hydroxyl groups is 4. The SMILES string of the molecule is CCCCCCCCCCCCCCCCC(O)CN(CCO[C@H]1CO[C@H](CO)[C@@H](O)[C@@H]1O)C(=O)CCCC. The second kappa shape index (κ2) is 23.9. The van der Waals surface area contributed by atoms with Gasteiger partial charge in [0.15, 0.2) is 0 Å². The summed E-state index contributed by atoms with van der Waals surface area (Å²) < 4.78 is 11.1. The summed E-state index contributed by atoms with van der Waals surface area (Å²) in [6.07, 6.45) is 16.5. The number of hydrogen-bond acceptors (Lipinski definition) is 7. The van der Waals surface area contributed by atoms with E-state index >= 15 is 0 Å². The molecule has 0 bridgehead atoms. The molecule has 4 N–H and O–H groups in total. The molecule has 0 aliphatic carbocycles. The van der Waals surface area contributed by atoms with Crippen molar-refractivity contribution in [1.29, 1.82) is 0 Å². The van der Waals surface area contributed by atoms with Gasteiger partial charge in [0, 0.05) is 19.5 Å². The molecule has 1 heterocycles. The fourth-order valence-electron chi connectivity index (χ4n) is 5.20. The Bertz CT molecular complexity index is 579. The summed E-state index contributed by atoms with van der Waals surface area (Å²) in [4.78, 5) is 14.4. The molecule has 1 aliphatic heterocycles. The second-order valence-electron chi connectivity index (χ2n) is 11.4. The third-order valence-corrected chi connectivity index (χ3v) is 7.88. The Morgan fingerprint density at radius 2 is 1.38 bits per heavy atom. The Morgan fingerprint density at radius 3 is 1.92 bits per heavy atom. The predicted molar refractivity (Wildman–Crippen MR) is 156 cm³/mol. The maximum absolute atomic E-state index is 12.7. The van der Waals surface area contributed by atoms with Crippen LogP contribution in [0.4, 0.5) is 0 Å². The molecular formula is C31H61NO7. The first-order valence-electron chi connectivity index (χ1n) is 16.1. The van der Waals surface area contributed by atoms with E-state index in [0.29, 0.717) is 19.4 Å². The summed E-state index contributed by atoms with van der Waals surface area (Å²) in [6.45, 7) is 4.75. The van der Waals surface area contributed by atoms with Gasteiger partial charge >= 0.3 is 0 Å². The van der Waals surface area contributed by atoms with Crippen molar-refractivity contribution < 1.29 is 34.7 Å². The first-order valence-corrected chi connectivity index (χ1v) is 16.1. The Morgan fingerprint density at radius 1 is 0.846 bits per heavy atom. The van der Waals surface area contributed by atoms with Gasteiger partial charge in [-0.1, -0.05) is 110 Å². The monoisotopic (exact) mass is 559 g/mol. The molecular weight excluding hydrogens is 498 g/mol. The van der Waals surface area contributed by atoms with Crippen molar-refractivity contribution in [3.8, 4) is 0 Å². The third-order valence-electron chi connectivity index (χ3n) is 7.88. The van der Waals surface area contributed by atoms with Crippen LogP contribution in [0.2, 0.25) is 0 Å². The molecule has 1 saturated heterocycles. The van der Waals surface area contributed by atoms with Gasteiger partial charge in [-0.05, 0) is 12.8 Å². The van der Waals surface area contributed by atoms with Gasteiger partial charge in [0.2, 0.25) is 5.91 Å². The highest BCUT2D eigenvalue weighted by molar-refractivity contribution is 5.76. The summed E-state index contributed by atoms with van der Waals surface area (Å²) >= 11 is 0. The molecule has 1 fully saturated rings. The summed E-state index contributed by atoms with van der Waals surface area (Å²) in [5, 5.41) is 40.1. The average Bonchev–Trinajstić information content (AvgIpc) is 2.93. The fraction of sp³-hybridized carbons (Fsp3) is 0.968. The van der Waals surface area contributed by atoms with Crippen molar-refractivity contribution in [2.75, 3.05) is 32.9 Å². The minimum absolute atomic E-state index is 0.00119. The van der Waals surface area contributed by atoms with Crippen molar-refractivity contribution in [2.45, 2.75) is 160 Å². The number of hydrogen-bond donors (Lipinski definition) is 4. The Hall–Kier alpha value is -0.770. The third kappa shape index (κ3) is 16.9. The largest absolute Gasteiger partial charge is 0.394 e. The number of unbranched alkanes of at least 4 members (excludes halogenated alkanes) is 14. The smallest absolute Gasteiger partial charge is 0.222 e. The van der Waals surface area contributed by atoms with Gasteiger partial charge in [-0.2, -0.15) is 0 Å². The van der Waals surface area contributed by atoms with E-state index in [9.17, 15) is 25.2 Å². The van der Waals surface area contributed by atoms with Crippen molar-refractivity contribution in [1.82, 2.24) is 4.90 Å². The zero-order chi connectivity index (χ0) is 28.7. The van der Waals surface area contributed by atoms with E-state index in [4.69, 9.17) is 9.47 Å². The summed E-state index contributed by atoms with van der Waals surface area (Å²) in [5.41, 5.74) is 0. The summed E-state index contributed by atoms with van der Waals surface area (Å²) in [6, 6.07) is 0. The zero-order valence-corrected chi connectivity index (χ0v) is 25.1. The van der Waals surface area contributed by atoms with E-state index in [0.717, 1.165) is 25.7 Å². The average molecular weight is 560 g/mol. The lowest BCUT2D eigenvalue weighted by Crippen LogP contribution is -2.55. The highest BCUT2D eigenvalue weighted by Gasteiger charge is 2.38. The van der Waals surface area contributed by atoms with Crippen LogP contribution in [0.3, 0.4) is 0 Å². The summed E-state index contributed by atoms with van der Waals surface area (Å²) in [5.74, 6) is 0.00119. The van der Waals surface area contributed by atoms with Crippen LogP contribution in [0.25, 0.3) is 0 Å². The van der Waals surface area contributed by atoms with Crippen molar-refractivity contribution in [2.24, 2.45) is 0 Å². The van der Waals surface area contributed by atoms with E-state index in [1.54, 1.807) is 4.90 Å². The van der Waals surface area contributed by atoms with E-state index in [-0.39, 0.29) is 32.3 Å². The molecule has 1 aliphatic rings. The van der Waals surface area contributed by atoms with Crippen LogP contribution in [-0.4, -0.2) is 94.7 Å². The molecule has 8 nitrogen and oxygen atoms in total. The number of aliphatic hydroxyl groups excluding tert-OH is 4. The maximum atomic E-state index is 12.7. The molecule has 0 aromatic heterocycles. The predicted octanol–water partition coefficient (Wildman–Crippen LogP) is 4.74. The molecule has 0 radical (unpaired) electrons. The van der Waals surface area contributed by atoms with Gasteiger partial charge < -0.3 is 34.8 Å². The fourth-order valence-corrected chi connectivity index (χ4v) is 5.20. The van der Waals surface area contributed by atoms with Crippen LogP contribution in [-0.2, 0) is 14.3 Å². The number of rotatable bonds is 25. The maximum Gasteiger partial charge on any atom is 0.222 e. The molecule has 0 aromatic rings. The van der Waals surface area contributed by atoms with E-state index in [1.165, 1.54) is 77.0 Å². The molecule has 1 amide bonds. The number of nitrogens with zero attached hydrogens (tertiary/aromatic N) is 1. The van der Waals surface area contributed by atoms with Crippen molar-refractivity contribution in [3.63, 3.8) is 0 Å². The lowest BCUT2D eigenvalue weighted by molar-refractivity contribution is -0.209. The lowest BCUT2D eigenvalue weighted by Gasteiger charge is -2.37. The van der Waals surface area contributed by atoms with E-state index in [2.05, 4.69) is 6.92 Å². The number of amides is 1. The summed E-state index contributed by atoms with van der Waals surface area (Å²) in [7, 11) is 0. The van der Waals surface area contributed by atoms with Crippen LogP contribution < -0.4 is 0 Å². The number of ether oxygens (including phenoxy) is 2. The highest BCUT2D eigenvalue weighted by Crippen LogP contribution is 2.18. The molecule has 5 atom stereocenters. The van der Waals surface area contributed by atoms with Gasteiger partial charge in [0.05, 0.1) is 25.9 Å². The van der Waals surface area contributed by atoms with E-state index < -0.39 is 30.5 Å². The molecule has 39 heavy (non-hydrogen) atoms. The topological polar surface area (TPSA) is 120 Å². The van der Waals surface area contributed by atoms with Crippen molar-refractivity contribution in [3.05, 3.63) is 0 Å². The van der Waals surface area contributed by atoms with Gasteiger partial charge in [0.1, 0.15) is 24.4 Å². The number of carbonyl (C=O) groups excluding carboxylic acids is 1. The lowest BCUT2D eigenvalue weighted by atomic mass is 10.0. The quantitative estimate of drug-likeness (QED) is 0.119.